The van der Waals surface area contributed by atoms with Crippen LogP contribution in [0.25, 0.3) is 16.3 Å². The van der Waals surface area contributed by atoms with Crippen molar-refractivity contribution in [2.24, 2.45) is 5.92 Å². The fourth-order valence-corrected chi connectivity index (χ4v) is 4.98. The van der Waals surface area contributed by atoms with Gasteiger partial charge in [-0.3, -0.25) is 29.4 Å². The van der Waals surface area contributed by atoms with E-state index in [4.69, 9.17) is 4.74 Å². The van der Waals surface area contributed by atoms with Gasteiger partial charge in [0.25, 0.3) is 5.91 Å². The van der Waals surface area contributed by atoms with E-state index in [2.05, 4.69) is 11.4 Å². The third kappa shape index (κ3) is 3.03. The van der Waals surface area contributed by atoms with Crippen molar-refractivity contribution in [2.45, 2.75) is 38.1 Å². The Balaban J connectivity index is 1.55. The highest BCUT2D eigenvalue weighted by Crippen LogP contribution is 2.44. The maximum absolute atomic E-state index is 13.2. The summed E-state index contributed by atoms with van der Waals surface area (Å²) in [5, 5.41) is 4.15. The average molecular weight is 418 g/mol. The predicted molar refractivity (Wildman–Crippen MR) is 114 cm³/mol. The van der Waals surface area contributed by atoms with Gasteiger partial charge in [0.15, 0.2) is 0 Å². The second kappa shape index (κ2) is 7.34. The summed E-state index contributed by atoms with van der Waals surface area (Å²) in [6.07, 6.45) is 4.72. The monoisotopic (exact) mass is 418 g/mol. The smallest absolute Gasteiger partial charge is 0.308 e. The molecule has 0 saturated carbocycles. The lowest BCUT2D eigenvalue weighted by Gasteiger charge is -2.30. The van der Waals surface area contributed by atoms with Gasteiger partial charge in [0.1, 0.15) is 6.04 Å². The summed E-state index contributed by atoms with van der Waals surface area (Å²) in [5.74, 6) is -1.24. The van der Waals surface area contributed by atoms with Gasteiger partial charge < -0.3 is 4.74 Å². The predicted octanol–water partition coefficient (Wildman–Crippen LogP) is 2.96. The number of nitrogens with zero attached hydrogens (tertiary/aromatic N) is 1. The third-order valence-corrected chi connectivity index (χ3v) is 6.54. The fourth-order valence-electron chi connectivity index (χ4n) is 4.98. The second-order valence-electron chi connectivity index (χ2n) is 8.23. The first-order valence-electron chi connectivity index (χ1n) is 10.5. The quantitative estimate of drug-likeness (QED) is 0.611. The number of carbonyl (C=O) groups is 4. The molecule has 2 aromatic carbocycles. The summed E-state index contributed by atoms with van der Waals surface area (Å²) in [4.78, 5) is 50.6. The highest BCUT2D eigenvalue weighted by atomic mass is 16.5. The number of hydrogen-bond donors (Lipinski definition) is 1. The van der Waals surface area contributed by atoms with Crippen molar-refractivity contribution in [2.75, 3.05) is 12.0 Å². The highest BCUT2D eigenvalue weighted by molar-refractivity contribution is 6.28. The number of anilines is 1. The standard InChI is InChI=1S/C24H22N2O5/c1-31-24(30)14-7-5-13(6-8-14)15-9-10-18-21-16(15)3-2-4-17(21)23(29)26(18)19-11-12-20(27)25-22(19)28/h2-5,9-10,14,19H,6-8,11-12H2,1H3,(H,25,27,28). The number of esters is 1. The van der Waals surface area contributed by atoms with E-state index in [-0.39, 0.29) is 30.1 Å². The molecule has 2 heterocycles. The summed E-state index contributed by atoms with van der Waals surface area (Å²) in [7, 11) is 1.41. The SMILES string of the molecule is COC(=O)C1CC=C(c2ccc3c4c(cccc24)C(=O)N3C2CCC(=O)NC2=O)CC1. The van der Waals surface area contributed by atoms with Crippen molar-refractivity contribution >= 4 is 45.7 Å². The number of piperidine rings is 1. The molecule has 0 aromatic heterocycles. The largest absolute Gasteiger partial charge is 0.469 e. The number of hydrogen-bond acceptors (Lipinski definition) is 5. The van der Waals surface area contributed by atoms with E-state index in [1.807, 2.05) is 24.3 Å². The maximum Gasteiger partial charge on any atom is 0.308 e. The Kier molecular flexibility index (Phi) is 4.61. The van der Waals surface area contributed by atoms with Crippen molar-refractivity contribution < 1.29 is 23.9 Å². The Morgan fingerprint density at radius 1 is 1.06 bits per heavy atom. The normalized spacial score (nSPS) is 23.1. The van der Waals surface area contributed by atoms with Crippen molar-refractivity contribution in [3.8, 4) is 0 Å². The van der Waals surface area contributed by atoms with Gasteiger partial charge >= 0.3 is 5.97 Å². The van der Waals surface area contributed by atoms with Crippen LogP contribution in [0.3, 0.4) is 0 Å². The van der Waals surface area contributed by atoms with Crippen LogP contribution in [0, 0.1) is 5.92 Å². The lowest BCUT2D eigenvalue weighted by Crippen LogP contribution is -2.53. The van der Waals surface area contributed by atoms with Crippen LogP contribution in [-0.2, 0) is 19.1 Å². The van der Waals surface area contributed by atoms with Crippen LogP contribution in [0.2, 0.25) is 0 Å². The molecule has 2 unspecified atom stereocenters. The zero-order valence-corrected chi connectivity index (χ0v) is 17.1. The van der Waals surface area contributed by atoms with Crippen LogP contribution in [0.5, 0.6) is 0 Å². The zero-order chi connectivity index (χ0) is 21.7. The molecule has 7 nitrogen and oxygen atoms in total. The van der Waals surface area contributed by atoms with Gasteiger partial charge in [0.2, 0.25) is 11.8 Å². The number of ether oxygens (including phenoxy) is 1. The molecule has 31 heavy (non-hydrogen) atoms. The number of methoxy groups -OCH3 is 1. The molecule has 1 N–H and O–H groups in total. The molecule has 3 aliphatic rings. The van der Waals surface area contributed by atoms with Crippen LogP contribution in [0.1, 0.15) is 48.0 Å². The van der Waals surface area contributed by atoms with Crippen LogP contribution in [-0.4, -0.2) is 36.8 Å². The summed E-state index contributed by atoms with van der Waals surface area (Å²) < 4.78 is 4.87. The molecule has 3 amide bonds. The molecular formula is C24H22N2O5. The average Bonchev–Trinajstić information content (AvgIpc) is 3.07. The van der Waals surface area contributed by atoms with Crippen LogP contribution < -0.4 is 10.2 Å². The Labute approximate surface area is 179 Å². The molecule has 0 spiro atoms. The van der Waals surface area contributed by atoms with Crippen molar-refractivity contribution in [3.05, 3.63) is 47.5 Å². The van der Waals surface area contributed by atoms with E-state index in [0.29, 0.717) is 24.1 Å². The lowest BCUT2D eigenvalue weighted by atomic mass is 9.84. The summed E-state index contributed by atoms with van der Waals surface area (Å²) in [6, 6.07) is 8.82. The first-order chi connectivity index (χ1) is 15.0. The molecule has 2 aliphatic heterocycles. The molecule has 0 bridgehead atoms. The van der Waals surface area contributed by atoms with E-state index < -0.39 is 11.9 Å². The molecule has 1 aliphatic carbocycles. The van der Waals surface area contributed by atoms with Crippen LogP contribution in [0.15, 0.2) is 36.4 Å². The van der Waals surface area contributed by atoms with Gasteiger partial charge in [-0.05, 0) is 54.3 Å². The molecule has 0 radical (unpaired) electrons. The van der Waals surface area contributed by atoms with Gasteiger partial charge in [0, 0.05) is 17.4 Å². The van der Waals surface area contributed by atoms with Crippen molar-refractivity contribution in [1.29, 1.82) is 0 Å². The van der Waals surface area contributed by atoms with E-state index >= 15 is 0 Å². The molecule has 5 rings (SSSR count). The number of nitrogens with one attached hydrogen (secondary N) is 1. The van der Waals surface area contributed by atoms with Crippen molar-refractivity contribution in [3.63, 3.8) is 0 Å². The molecular weight excluding hydrogens is 396 g/mol. The number of imide groups is 1. The van der Waals surface area contributed by atoms with E-state index in [1.165, 1.54) is 12.0 Å². The number of amides is 3. The van der Waals surface area contributed by atoms with Gasteiger partial charge in [-0.25, -0.2) is 0 Å². The number of rotatable bonds is 3. The summed E-state index contributed by atoms with van der Waals surface area (Å²) in [6.45, 7) is 0. The Hall–Kier alpha value is -3.48. The lowest BCUT2D eigenvalue weighted by molar-refractivity contribution is -0.145. The Bertz CT molecular complexity index is 1180. The molecule has 2 aromatic rings. The number of allylic oxidation sites excluding steroid dienone is 2. The number of benzene rings is 2. The minimum absolute atomic E-state index is 0.116. The zero-order valence-electron chi connectivity index (χ0n) is 17.1. The van der Waals surface area contributed by atoms with Gasteiger partial charge in [-0.15, -0.1) is 0 Å². The van der Waals surface area contributed by atoms with E-state index in [0.717, 1.165) is 34.8 Å². The van der Waals surface area contributed by atoms with E-state index in [9.17, 15) is 19.2 Å². The first-order valence-corrected chi connectivity index (χ1v) is 10.5. The fraction of sp³-hybridized carbons (Fsp3) is 0.333. The highest BCUT2D eigenvalue weighted by Gasteiger charge is 2.41. The molecule has 7 heteroatoms. The van der Waals surface area contributed by atoms with Crippen molar-refractivity contribution in [1.82, 2.24) is 5.32 Å². The molecule has 1 saturated heterocycles. The molecule has 158 valence electrons. The first kappa shape index (κ1) is 19.5. The Morgan fingerprint density at radius 2 is 1.90 bits per heavy atom. The van der Waals surface area contributed by atoms with Crippen LogP contribution in [0.4, 0.5) is 5.69 Å². The Morgan fingerprint density at radius 3 is 2.61 bits per heavy atom. The maximum atomic E-state index is 13.2. The second-order valence-corrected chi connectivity index (χ2v) is 8.23. The summed E-state index contributed by atoms with van der Waals surface area (Å²) in [5.41, 5.74) is 3.47. The minimum Gasteiger partial charge on any atom is -0.469 e. The number of carbonyl (C=O) groups excluding carboxylic acids is 4. The minimum atomic E-state index is -0.693. The van der Waals surface area contributed by atoms with Gasteiger partial charge in [-0.2, -0.15) is 0 Å². The van der Waals surface area contributed by atoms with Gasteiger partial charge in [0.05, 0.1) is 18.7 Å². The summed E-state index contributed by atoms with van der Waals surface area (Å²) >= 11 is 0. The van der Waals surface area contributed by atoms with Crippen LogP contribution >= 0.6 is 0 Å². The van der Waals surface area contributed by atoms with E-state index in [1.54, 1.807) is 6.07 Å². The molecule has 2 atom stereocenters. The topological polar surface area (TPSA) is 92.8 Å². The third-order valence-electron chi connectivity index (χ3n) is 6.54. The van der Waals surface area contributed by atoms with Gasteiger partial charge in [-0.1, -0.05) is 24.3 Å². The molecule has 1 fully saturated rings.